The molecule has 0 saturated carbocycles. The van der Waals surface area contributed by atoms with E-state index >= 15 is 0 Å². The van der Waals surface area contributed by atoms with Gasteiger partial charge in [0.05, 0.1) is 54.3 Å². The number of rotatable bonds is 9. The fourth-order valence-corrected chi connectivity index (χ4v) is 11.2. The van der Waals surface area contributed by atoms with Crippen molar-refractivity contribution in [1.82, 2.24) is 4.57 Å². The second kappa shape index (κ2) is 18.3. The van der Waals surface area contributed by atoms with Gasteiger partial charge in [-0.2, -0.15) is 5.26 Å². The third-order valence-corrected chi connectivity index (χ3v) is 14.7. The molecule has 3 aromatic heterocycles. The molecule has 7 heteroatoms. The first-order valence-corrected chi connectivity index (χ1v) is 25.4. The van der Waals surface area contributed by atoms with Crippen molar-refractivity contribution in [2.45, 2.75) is 0 Å². The van der Waals surface area contributed by atoms with Gasteiger partial charge in [0.15, 0.2) is 16.9 Å². The second-order valence-electron chi connectivity index (χ2n) is 19.1. The van der Waals surface area contributed by atoms with Gasteiger partial charge in [-0.15, -0.1) is 0 Å². The number of fused-ring (bicyclic) bond motifs is 10. The van der Waals surface area contributed by atoms with Crippen LogP contribution in [0.1, 0.15) is 19.3 Å². The van der Waals surface area contributed by atoms with E-state index in [9.17, 15) is 5.26 Å². The summed E-state index contributed by atoms with van der Waals surface area (Å²) in [5.41, 5.74) is 10.5. The summed E-state index contributed by atoms with van der Waals surface area (Å²) in [4.78, 5) is 7.83. The quantitative estimate of drug-likeness (QED) is 0.135. The number of nitrogens with zero attached hydrogens (tertiary/aromatic N) is 5. The molecule has 0 aliphatic carbocycles. The molecule has 7 nitrogen and oxygen atoms in total. The molecule has 0 saturated heterocycles. The Morgan fingerprint density at radius 1 is 0.430 bits per heavy atom. The molecule has 79 heavy (non-hydrogen) atoms. The van der Waals surface area contributed by atoms with Crippen LogP contribution in [0.5, 0.6) is 0 Å². The highest BCUT2D eigenvalue weighted by Gasteiger charge is 2.25. The van der Waals surface area contributed by atoms with E-state index in [1.54, 1.807) is 48.5 Å². The van der Waals surface area contributed by atoms with Crippen LogP contribution >= 0.6 is 0 Å². The van der Waals surface area contributed by atoms with Crippen molar-refractivity contribution in [3.05, 3.63) is 278 Å². The SMILES string of the molecule is [2H]c1c([2H])c([2H])c(-c2cccc3c2oc2c(N(c4ccc([N+]#[C-])cc4)c4ccc5cc6c7ccc(N(c8ccc(C#N)cc8)c8cccc9c8oc8c(-c%10c([2H])c([2H])c([2H])c([2H])c%10[2H])cccc89)cc7n(-c7ccccc7)c6cc5c4)cccc23)c([2H])c1[2H]. The molecule has 0 unspecified atom stereocenters. The minimum Gasteiger partial charge on any atom is -0.453 e. The summed E-state index contributed by atoms with van der Waals surface area (Å²) in [6, 6.07) is 62.3. The van der Waals surface area contributed by atoms with Crippen molar-refractivity contribution in [3.8, 4) is 34.0 Å². The zero-order chi connectivity index (χ0) is 61.3. The molecule has 0 atom stereocenters. The molecule has 0 aliphatic rings. The molecule has 15 rings (SSSR count). The zero-order valence-corrected chi connectivity index (χ0v) is 41.6. The van der Waals surface area contributed by atoms with E-state index in [1.807, 2.05) is 97.1 Å². The van der Waals surface area contributed by atoms with Crippen molar-refractivity contribution >= 4 is 116 Å². The Labute approximate surface area is 468 Å². The number of nitriles is 1. The lowest BCUT2D eigenvalue weighted by molar-refractivity contribution is 0.670. The Morgan fingerprint density at radius 2 is 0.937 bits per heavy atom. The van der Waals surface area contributed by atoms with Crippen molar-refractivity contribution in [2.24, 2.45) is 0 Å². The maximum Gasteiger partial charge on any atom is 0.187 e. The highest BCUT2D eigenvalue weighted by Crippen LogP contribution is 2.48. The lowest BCUT2D eigenvalue weighted by Crippen LogP contribution is -2.10. The van der Waals surface area contributed by atoms with E-state index < -0.39 is 36.3 Å². The van der Waals surface area contributed by atoms with Crippen LogP contribution in [0.3, 0.4) is 0 Å². The van der Waals surface area contributed by atoms with Gasteiger partial charge in [-0.1, -0.05) is 164 Å². The van der Waals surface area contributed by atoms with Crippen LogP contribution in [0.25, 0.3) is 109 Å². The zero-order valence-electron chi connectivity index (χ0n) is 51.6. The highest BCUT2D eigenvalue weighted by atomic mass is 16.3. The van der Waals surface area contributed by atoms with Crippen molar-refractivity contribution in [3.63, 3.8) is 0 Å². The van der Waals surface area contributed by atoms with E-state index in [0.29, 0.717) is 66.9 Å². The van der Waals surface area contributed by atoms with Crippen LogP contribution < -0.4 is 9.80 Å². The maximum absolute atomic E-state index is 9.95. The van der Waals surface area contributed by atoms with Crippen LogP contribution in [0.2, 0.25) is 0 Å². The normalized spacial score (nSPS) is 13.3. The lowest BCUT2D eigenvalue weighted by Gasteiger charge is -2.26. The van der Waals surface area contributed by atoms with Gasteiger partial charge in [-0.25, -0.2) is 4.85 Å². The lowest BCUT2D eigenvalue weighted by atomic mass is 10.0. The summed E-state index contributed by atoms with van der Waals surface area (Å²) in [5, 5.41) is 16.7. The smallest absolute Gasteiger partial charge is 0.187 e. The van der Waals surface area contributed by atoms with E-state index in [-0.39, 0.29) is 35.3 Å². The first kappa shape index (κ1) is 36.0. The average Bonchev–Trinajstić information content (AvgIpc) is 1.74. The third-order valence-electron chi connectivity index (χ3n) is 14.7. The van der Waals surface area contributed by atoms with Gasteiger partial charge in [0, 0.05) is 71.9 Å². The predicted molar refractivity (Wildman–Crippen MR) is 324 cm³/mol. The molecule has 0 amide bonds. The molecule has 0 aliphatic heterocycles. The summed E-state index contributed by atoms with van der Waals surface area (Å²) >= 11 is 0. The maximum atomic E-state index is 9.95. The molecule has 15 aromatic rings. The van der Waals surface area contributed by atoms with Crippen LogP contribution in [-0.2, 0) is 0 Å². The van der Waals surface area contributed by atoms with Gasteiger partial charge in [-0.3, -0.25) is 0 Å². The summed E-state index contributed by atoms with van der Waals surface area (Å²) in [7, 11) is 0. The monoisotopic (exact) mass is 1020 g/mol. The Bertz CT molecular complexity index is 5550. The number of furan rings is 2. The first-order valence-electron chi connectivity index (χ1n) is 30.4. The molecule has 0 spiro atoms. The summed E-state index contributed by atoms with van der Waals surface area (Å²) in [6.07, 6.45) is 0. The predicted octanol–water partition coefficient (Wildman–Crippen LogP) is 20.4. The number of hydrogen-bond donors (Lipinski definition) is 0. The number of hydrogen-bond acceptors (Lipinski definition) is 5. The Balaban J connectivity index is 0.924. The number of para-hydroxylation sites is 5. The van der Waals surface area contributed by atoms with Crippen LogP contribution in [0.15, 0.2) is 269 Å². The minimum atomic E-state index is -0.483. The van der Waals surface area contributed by atoms with Gasteiger partial charge in [0.1, 0.15) is 11.2 Å². The van der Waals surface area contributed by atoms with E-state index in [0.717, 1.165) is 71.8 Å². The third kappa shape index (κ3) is 7.41. The highest BCUT2D eigenvalue weighted by molar-refractivity contribution is 6.17. The van der Waals surface area contributed by atoms with Crippen LogP contribution in [0, 0.1) is 17.9 Å². The van der Waals surface area contributed by atoms with Crippen LogP contribution in [-0.4, -0.2) is 4.57 Å². The second-order valence-corrected chi connectivity index (χ2v) is 19.1. The molecule has 0 radical (unpaired) electrons. The molecule has 0 bridgehead atoms. The topological polar surface area (TPSA) is 65.8 Å². The number of benzene rings is 12. The fourth-order valence-electron chi connectivity index (χ4n) is 11.2. The summed E-state index contributed by atoms with van der Waals surface area (Å²) in [6.45, 7) is 7.78. The molecule has 12 aromatic carbocycles. The van der Waals surface area contributed by atoms with Gasteiger partial charge in [-0.05, 0) is 119 Å². The van der Waals surface area contributed by atoms with Gasteiger partial charge < -0.3 is 23.2 Å². The standard InChI is InChI=1S/C72H43N5O2/c1-74-51-32-37-54(38-33-51)75(65-27-13-25-62-60-23-11-21-57(69(60)78-71(62)65)47-15-5-2-6-16-47)55-36-31-49-42-64-59-40-39-56(44-68(59)77(52-19-9-4-10-20-52)67(64)43-50(49)41-55)76(53-34-29-46(45-73)30-35-53)66-28-14-26-63-61-24-12-22-58(70(61)79-72(63)66)48-17-7-3-8-18-48/h2-44H/i2D,3D,5D,6D,7D,8D,15D,16D,17D,18D. The van der Waals surface area contributed by atoms with Gasteiger partial charge in [0.2, 0.25) is 0 Å². The Kier molecular flexibility index (Phi) is 8.34. The molecular formula is C72H43N5O2. The van der Waals surface area contributed by atoms with Crippen molar-refractivity contribution in [2.75, 3.05) is 9.80 Å². The Hall–Kier alpha value is -11.1. The van der Waals surface area contributed by atoms with Gasteiger partial charge >= 0.3 is 0 Å². The molecular weight excluding hydrogens is 967 g/mol. The van der Waals surface area contributed by atoms with E-state index in [4.69, 9.17) is 29.1 Å². The average molecular weight is 1020 g/mol. The number of aromatic nitrogens is 1. The van der Waals surface area contributed by atoms with E-state index in [1.165, 1.54) is 0 Å². The fraction of sp³-hybridized carbons (Fsp3) is 0. The van der Waals surface area contributed by atoms with Crippen molar-refractivity contribution < 1.29 is 22.5 Å². The van der Waals surface area contributed by atoms with Gasteiger partial charge in [0.25, 0.3) is 0 Å². The Morgan fingerprint density at radius 3 is 1.51 bits per heavy atom. The van der Waals surface area contributed by atoms with E-state index in [2.05, 4.69) is 79.9 Å². The number of anilines is 6. The summed E-state index contributed by atoms with van der Waals surface area (Å²) in [5.74, 6) is 0. The van der Waals surface area contributed by atoms with Crippen molar-refractivity contribution in [1.29, 1.82) is 5.26 Å². The van der Waals surface area contributed by atoms with Crippen LogP contribution in [0.4, 0.5) is 39.8 Å². The molecule has 0 N–H and O–H groups in total. The molecule has 3 heterocycles. The minimum absolute atomic E-state index is 0.0349. The first-order chi connectivity index (χ1) is 43.2. The largest absolute Gasteiger partial charge is 0.453 e. The summed E-state index contributed by atoms with van der Waals surface area (Å²) < 4.78 is 102. The molecule has 368 valence electrons. The molecule has 0 fully saturated rings.